The summed E-state index contributed by atoms with van der Waals surface area (Å²) >= 11 is 0. The van der Waals surface area contributed by atoms with Gasteiger partial charge in [-0.25, -0.2) is 13.8 Å². The normalized spacial score (nSPS) is 25.3. The van der Waals surface area contributed by atoms with Gasteiger partial charge in [-0.1, -0.05) is 0 Å². The van der Waals surface area contributed by atoms with Gasteiger partial charge >= 0.3 is 12.2 Å². The van der Waals surface area contributed by atoms with E-state index in [9.17, 15) is 17.6 Å². The summed E-state index contributed by atoms with van der Waals surface area (Å²) in [5.41, 5.74) is 1.33. The minimum atomic E-state index is -5.18. The summed E-state index contributed by atoms with van der Waals surface area (Å²) in [5, 5.41) is 6.57. The Morgan fingerprint density at radius 1 is 1.11 bits per heavy atom. The standard InChI is InChI=1S/C31H38F5N7O3/c1-15-13-39-27-22-26(41-29(42-27)44-14-18-5-6-21-30(3,4)45-10-9-43(18)21)24(33)25(40-28(22)46-16(2)7-8-38-15)19-11-17(37)12-20(32)23(19)31(34,35)36/h11-12,15-16,18,21,38H,5-10,13-14,37H2,1-4H3,(H,39,41,42)/t15?,16-,18?,21?/m0/s1. The summed E-state index contributed by atoms with van der Waals surface area (Å²) in [6, 6.07) is 1.42. The molecule has 0 saturated carbocycles. The molecular formula is C31H38F5N7O3. The van der Waals surface area contributed by atoms with Gasteiger partial charge in [0.15, 0.2) is 5.82 Å². The van der Waals surface area contributed by atoms with Crippen molar-refractivity contribution in [3.8, 4) is 23.1 Å². The molecule has 3 aliphatic heterocycles. The molecule has 4 N–H and O–H groups in total. The average molecular weight is 652 g/mol. The minimum absolute atomic E-state index is 0.0232. The van der Waals surface area contributed by atoms with Crippen LogP contribution >= 0.6 is 0 Å². The fraction of sp³-hybridized carbons (Fsp3) is 0.581. The summed E-state index contributed by atoms with van der Waals surface area (Å²) in [6.07, 6.45) is -3.38. The first-order valence-corrected chi connectivity index (χ1v) is 15.5. The molecule has 4 atom stereocenters. The molecule has 0 aliphatic carbocycles. The maximum Gasteiger partial charge on any atom is 0.419 e. The fourth-order valence-corrected chi connectivity index (χ4v) is 6.67. The van der Waals surface area contributed by atoms with E-state index in [4.69, 9.17) is 19.9 Å². The highest BCUT2D eigenvalue weighted by atomic mass is 19.4. The first kappa shape index (κ1) is 32.4. The molecule has 3 aromatic rings. The van der Waals surface area contributed by atoms with Crippen LogP contribution < -0.4 is 25.8 Å². The Morgan fingerprint density at radius 2 is 1.89 bits per heavy atom. The van der Waals surface area contributed by atoms with E-state index in [0.29, 0.717) is 32.2 Å². The molecule has 15 heteroatoms. The van der Waals surface area contributed by atoms with Crippen molar-refractivity contribution in [3.05, 3.63) is 29.3 Å². The lowest BCUT2D eigenvalue weighted by Crippen LogP contribution is -2.56. The van der Waals surface area contributed by atoms with E-state index in [0.717, 1.165) is 25.5 Å². The molecule has 10 nitrogen and oxygen atoms in total. The van der Waals surface area contributed by atoms with Crippen molar-refractivity contribution in [3.63, 3.8) is 0 Å². The Balaban J connectivity index is 1.48. The van der Waals surface area contributed by atoms with Crippen LogP contribution in [0.5, 0.6) is 11.9 Å². The molecule has 6 rings (SSSR count). The molecule has 1 aromatic carbocycles. The summed E-state index contributed by atoms with van der Waals surface area (Å²) in [5.74, 6) is -2.94. The van der Waals surface area contributed by atoms with E-state index in [1.54, 1.807) is 6.92 Å². The number of ether oxygens (including phenoxy) is 3. The van der Waals surface area contributed by atoms with Gasteiger partial charge in [0.05, 0.1) is 18.3 Å². The number of pyridine rings is 1. The Bertz CT molecular complexity index is 1620. The number of hydrogen-bond donors (Lipinski definition) is 3. The second kappa shape index (κ2) is 12.2. The van der Waals surface area contributed by atoms with Crippen molar-refractivity contribution >= 4 is 22.4 Å². The molecule has 0 amide bonds. The quantitative estimate of drug-likeness (QED) is 0.258. The molecule has 0 radical (unpaired) electrons. The smallest absolute Gasteiger partial charge is 0.419 e. The predicted molar refractivity (Wildman–Crippen MR) is 162 cm³/mol. The van der Waals surface area contributed by atoms with E-state index in [1.807, 2.05) is 6.92 Å². The van der Waals surface area contributed by atoms with Crippen LogP contribution in [-0.4, -0.2) is 82.5 Å². The van der Waals surface area contributed by atoms with E-state index in [-0.39, 0.29) is 64.6 Å². The van der Waals surface area contributed by atoms with Gasteiger partial charge in [-0.15, -0.1) is 0 Å². The van der Waals surface area contributed by atoms with Crippen LogP contribution in [0.4, 0.5) is 33.5 Å². The van der Waals surface area contributed by atoms with E-state index in [2.05, 4.69) is 44.3 Å². The number of nitrogen functional groups attached to an aromatic ring is 1. The number of nitrogens with zero attached hydrogens (tertiary/aromatic N) is 4. The summed E-state index contributed by atoms with van der Waals surface area (Å²) in [4.78, 5) is 15.5. The highest BCUT2D eigenvalue weighted by molar-refractivity contribution is 5.96. The number of halogens is 5. The van der Waals surface area contributed by atoms with Gasteiger partial charge in [-0.3, -0.25) is 4.90 Å². The number of benzene rings is 1. The van der Waals surface area contributed by atoms with Gasteiger partial charge < -0.3 is 30.6 Å². The zero-order valence-corrected chi connectivity index (χ0v) is 26.1. The van der Waals surface area contributed by atoms with E-state index < -0.39 is 40.7 Å². The lowest BCUT2D eigenvalue weighted by atomic mass is 9.95. The monoisotopic (exact) mass is 651 g/mol. The molecule has 250 valence electrons. The highest BCUT2D eigenvalue weighted by Gasteiger charge is 2.46. The van der Waals surface area contributed by atoms with E-state index in [1.165, 1.54) is 0 Å². The number of hydrogen-bond acceptors (Lipinski definition) is 10. The molecule has 2 fully saturated rings. The number of anilines is 2. The summed E-state index contributed by atoms with van der Waals surface area (Å²) in [7, 11) is 0. The minimum Gasteiger partial charge on any atom is -0.474 e. The molecule has 2 saturated heterocycles. The maximum atomic E-state index is 16.5. The lowest BCUT2D eigenvalue weighted by Gasteiger charge is -2.44. The van der Waals surface area contributed by atoms with Gasteiger partial charge in [0.25, 0.3) is 0 Å². The zero-order chi connectivity index (χ0) is 33.0. The van der Waals surface area contributed by atoms with Gasteiger partial charge in [0.1, 0.15) is 40.4 Å². The Hall–Kier alpha value is -3.56. The number of aromatic nitrogens is 3. The SMILES string of the molecule is CC1CNc2nc(OCC3CCC4N3CCOC4(C)C)nc3c(F)c(-c4cc(N)cc(F)c4C(F)(F)F)nc(c23)O[C@@H](C)CCN1. The van der Waals surface area contributed by atoms with Gasteiger partial charge in [-0.05, 0) is 65.6 Å². The van der Waals surface area contributed by atoms with Gasteiger partial charge in [0.2, 0.25) is 5.88 Å². The van der Waals surface area contributed by atoms with Crippen molar-refractivity contribution in [2.45, 2.75) is 83.0 Å². The van der Waals surface area contributed by atoms with Crippen LogP contribution in [0.15, 0.2) is 12.1 Å². The first-order chi connectivity index (χ1) is 21.7. The molecule has 46 heavy (non-hydrogen) atoms. The van der Waals surface area contributed by atoms with Crippen LogP contribution in [0.1, 0.15) is 52.5 Å². The molecule has 5 heterocycles. The second-order valence-corrected chi connectivity index (χ2v) is 12.8. The largest absolute Gasteiger partial charge is 0.474 e. The first-order valence-electron chi connectivity index (χ1n) is 15.5. The molecule has 3 aliphatic rings. The van der Waals surface area contributed by atoms with Crippen molar-refractivity contribution < 1.29 is 36.2 Å². The highest BCUT2D eigenvalue weighted by Crippen LogP contribution is 2.44. The van der Waals surface area contributed by atoms with Crippen LogP contribution in [0.2, 0.25) is 0 Å². The van der Waals surface area contributed by atoms with Crippen molar-refractivity contribution in [2.24, 2.45) is 0 Å². The molecular weight excluding hydrogens is 613 g/mol. The summed E-state index contributed by atoms with van der Waals surface area (Å²) in [6.45, 7) is 10.3. The fourth-order valence-electron chi connectivity index (χ4n) is 6.67. The molecule has 2 aromatic heterocycles. The topological polar surface area (TPSA) is 120 Å². The lowest BCUT2D eigenvalue weighted by molar-refractivity contribution is -0.139. The number of fused-ring (bicyclic) bond motifs is 1. The number of morpholine rings is 1. The Morgan fingerprint density at radius 3 is 2.65 bits per heavy atom. The van der Waals surface area contributed by atoms with Gasteiger partial charge in [-0.2, -0.15) is 23.1 Å². The van der Waals surface area contributed by atoms with Crippen molar-refractivity contribution in [2.75, 3.05) is 43.9 Å². The van der Waals surface area contributed by atoms with Crippen LogP contribution in [0, 0.1) is 11.6 Å². The molecule has 0 bridgehead atoms. The Labute approximate surface area is 263 Å². The number of alkyl halides is 3. The Kier molecular flexibility index (Phi) is 8.61. The number of nitrogens with two attached hydrogens (primary N) is 1. The zero-order valence-electron chi connectivity index (χ0n) is 26.1. The number of nitrogens with one attached hydrogen (secondary N) is 2. The van der Waals surface area contributed by atoms with Crippen LogP contribution in [0.25, 0.3) is 22.2 Å². The second-order valence-electron chi connectivity index (χ2n) is 12.8. The van der Waals surface area contributed by atoms with Crippen LogP contribution in [-0.2, 0) is 10.9 Å². The number of rotatable bonds is 4. The third-order valence-electron chi connectivity index (χ3n) is 8.99. The van der Waals surface area contributed by atoms with Gasteiger partial charge in [0, 0.05) is 42.5 Å². The maximum absolute atomic E-state index is 16.5. The van der Waals surface area contributed by atoms with Crippen molar-refractivity contribution in [1.82, 2.24) is 25.2 Å². The third kappa shape index (κ3) is 6.24. The molecule has 3 unspecified atom stereocenters. The average Bonchev–Trinajstić information content (AvgIpc) is 3.38. The van der Waals surface area contributed by atoms with Crippen molar-refractivity contribution in [1.29, 1.82) is 0 Å². The summed E-state index contributed by atoms with van der Waals surface area (Å²) < 4.78 is 91.9. The predicted octanol–water partition coefficient (Wildman–Crippen LogP) is 5.15. The third-order valence-corrected chi connectivity index (χ3v) is 8.99. The van der Waals surface area contributed by atoms with Crippen LogP contribution in [0.3, 0.4) is 0 Å². The van der Waals surface area contributed by atoms with E-state index >= 15 is 4.39 Å². The molecule has 0 spiro atoms.